The van der Waals surface area contributed by atoms with Crippen LogP contribution < -0.4 is 54.0 Å². The van der Waals surface area contributed by atoms with Crippen molar-refractivity contribution in [1.82, 2.24) is 42.5 Å². The van der Waals surface area contributed by atoms with Crippen LogP contribution in [-0.4, -0.2) is 175 Å². The molecule has 0 saturated carbocycles. The number of hydrogen-bond donors (Lipinski definition) is 17. The fourth-order valence-electron chi connectivity index (χ4n) is 7.71. The van der Waals surface area contributed by atoms with Gasteiger partial charge in [-0.1, -0.05) is 52.0 Å². The maximum absolute atomic E-state index is 14.0. The minimum absolute atomic E-state index is 0.00667. The highest BCUT2D eigenvalue weighted by Crippen LogP contribution is 2.15. The molecule has 0 radical (unpaired) electrons. The lowest BCUT2D eigenvalue weighted by atomic mass is 10.0. The second kappa shape index (κ2) is 34.0. The van der Waals surface area contributed by atoms with Gasteiger partial charge < -0.3 is 89.7 Å². The van der Waals surface area contributed by atoms with Crippen LogP contribution in [0.4, 0.5) is 0 Å². The van der Waals surface area contributed by atoms with Gasteiger partial charge in [0.25, 0.3) is 0 Å². The summed E-state index contributed by atoms with van der Waals surface area (Å²) in [6, 6.07) is -3.56. The second-order valence-electron chi connectivity index (χ2n) is 19.6. The van der Waals surface area contributed by atoms with E-state index in [0.29, 0.717) is 18.4 Å². The van der Waals surface area contributed by atoms with E-state index in [1.54, 1.807) is 39.8 Å². The van der Waals surface area contributed by atoms with E-state index in [9.17, 15) is 88.5 Å². The van der Waals surface area contributed by atoms with Crippen LogP contribution in [0.2, 0.25) is 0 Å². The molecule has 0 aliphatic heterocycles. The first-order chi connectivity index (χ1) is 37.2. The topological polar surface area (TPSA) is 478 Å². The lowest BCUT2D eigenvalue weighted by Gasteiger charge is -2.27. The normalized spacial score (nSPS) is 14.6. The SMILES string of the molecule is CC(C)C[C@H](NC(=O)[C@H](CCCCN)NC(=O)[C@H](CO)NC(=O)[C@H](Cc1ccc(O)cc1)NC(=O)[C@H](CC(=O)O)NC(=O)[C@H](CO)NC(=O)[C@H](CCC(=O)O)NC(=O)[C@H](CC(C)C)NC(=O)[C@@H](N)Cc1ccc(O)cc1)C(=O)O. The van der Waals surface area contributed by atoms with Crippen LogP contribution in [-0.2, 0) is 65.6 Å². The Hall–Kier alpha value is -7.95. The number of aliphatic hydroxyl groups is 2. The molecule has 438 valence electrons. The van der Waals surface area contributed by atoms with Crippen molar-refractivity contribution in [2.24, 2.45) is 23.3 Å². The van der Waals surface area contributed by atoms with Crippen LogP contribution in [0.5, 0.6) is 11.5 Å². The number of unbranched alkanes of at least 4 members (excludes halogenated alkanes) is 1. The monoisotopic (exact) mass is 1120 g/mol. The molecule has 0 saturated heterocycles. The van der Waals surface area contributed by atoms with Gasteiger partial charge >= 0.3 is 17.9 Å². The zero-order valence-corrected chi connectivity index (χ0v) is 44.4. The number of hydrogen-bond acceptors (Lipinski definition) is 17. The van der Waals surface area contributed by atoms with Gasteiger partial charge in [-0.15, -0.1) is 0 Å². The average Bonchev–Trinajstić information content (AvgIpc) is 3.38. The molecular weight excluding hydrogens is 1040 g/mol. The molecule has 28 heteroatoms. The molecule has 0 spiro atoms. The first-order valence-corrected chi connectivity index (χ1v) is 25.5. The van der Waals surface area contributed by atoms with Gasteiger partial charge in [-0.25, -0.2) is 4.79 Å². The highest BCUT2D eigenvalue weighted by Gasteiger charge is 2.36. The summed E-state index contributed by atoms with van der Waals surface area (Å²) in [6.07, 6.45) is -2.18. The van der Waals surface area contributed by atoms with Crippen LogP contribution in [0.3, 0.4) is 0 Å². The van der Waals surface area contributed by atoms with Gasteiger partial charge in [-0.05, 0) is 98.7 Å². The molecule has 0 fully saturated rings. The van der Waals surface area contributed by atoms with Gasteiger partial charge in [0.2, 0.25) is 47.3 Å². The maximum atomic E-state index is 14.0. The predicted molar refractivity (Wildman–Crippen MR) is 280 cm³/mol. The van der Waals surface area contributed by atoms with Crippen molar-refractivity contribution in [3.63, 3.8) is 0 Å². The minimum atomic E-state index is -2.08. The Labute approximate surface area is 455 Å². The minimum Gasteiger partial charge on any atom is -0.508 e. The number of aliphatic hydroxyl groups excluding tert-OH is 2. The third-order valence-corrected chi connectivity index (χ3v) is 11.9. The van der Waals surface area contributed by atoms with Crippen molar-refractivity contribution >= 4 is 65.2 Å². The summed E-state index contributed by atoms with van der Waals surface area (Å²) >= 11 is 0. The van der Waals surface area contributed by atoms with E-state index in [2.05, 4.69) is 42.5 Å². The number of carbonyl (C=O) groups excluding carboxylic acids is 8. The van der Waals surface area contributed by atoms with E-state index in [1.807, 2.05) is 0 Å². The lowest BCUT2D eigenvalue weighted by molar-refractivity contribution is -0.143. The molecule has 79 heavy (non-hydrogen) atoms. The van der Waals surface area contributed by atoms with Crippen LogP contribution in [0, 0.1) is 11.8 Å². The number of amides is 8. The number of aliphatic carboxylic acids is 3. The summed E-state index contributed by atoms with van der Waals surface area (Å²) in [5.74, 6) is -13.8. The molecule has 2 aromatic rings. The van der Waals surface area contributed by atoms with Crippen molar-refractivity contribution in [2.45, 2.75) is 146 Å². The number of nitrogens with one attached hydrogen (secondary N) is 8. The number of phenols is 2. The van der Waals surface area contributed by atoms with Crippen LogP contribution in [0.25, 0.3) is 0 Å². The number of nitrogens with two attached hydrogens (primary N) is 2. The number of benzene rings is 2. The average molecular weight is 1120 g/mol. The summed E-state index contributed by atoms with van der Waals surface area (Å²) in [5.41, 5.74) is 12.6. The number of phenolic OH excluding ortho intramolecular Hbond substituents is 2. The summed E-state index contributed by atoms with van der Waals surface area (Å²) < 4.78 is 0. The Balaban J connectivity index is 2.38. The highest BCUT2D eigenvalue weighted by atomic mass is 16.4. The van der Waals surface area contributed by atoms with Gasteiger partial charge in [0.15, 0.2) is 0 Å². The van der Waals surface area contributed by atoms with E-state index in [1.165, 1.54) is 36.4 Å². The molecule has 2 aromatic carbocycles. The first kappa shape index (κ1) is 67.2. The standard InChI is InChI=1S/C51H76N10O18/c1-26(2)19-35(56-43(70)32(53)21-28-8-12-30(64)13-9-28)46(73)55-34(16-17-41(66)67)45(72)60-40(25-63)50(77)58-37(23-42(68)69)48(75)57-36(22-29-10-14-31(65)15-11-29)47(74)61-39(24-62)49(76)54-33(7-5-6-18-52)44(71)59-38(51(78)79)20-27(3)4/h8-15,26-27,32-40,62-65H,5-7,16-25,52-53H2,1-4H3,(H,54,76)(H,55,73)(H,56,70)(H,57,75)(H,58,77)(H,59,71)(H,60,72)(H,61,74)(H,66,67)(H,68,69)(H,78,79)/t32-,33-,34-,35-,36-,37-,38-,39-,40-/m0/s1. The van der Waals surface area contributed by atoms with Gasteiger partial charge in [0, 0.05) is 12.8 Å². The molecule has 8 amide bonds. The second-order valence-corrected chi connectivity index (χ2v) is 19.6. The van der Waals surface area contributed by atoms with E-state index >= 15 is 0 Å². The van der Waals surface area contributed by atoms with Crippen LogP contribution in [0.1, 0.15) is 90.2 Å². The summed E-state index contributed by atoms with van der Waals surface area (Å²) in [6.45, 7) is 4.84. The summed E-state index contributed by atoms with van der Waals surface area (Å²) in [7, 11) is 0. The number of carbonyl (C=O) groups is 11. The number of carboxylic acids is 3. The van der Waals surface area contributed by atoms with E-state index in [-0.39, 0.29) is 61.1 Å². The molecule has 2 rings (SSSR count). The summed E-state index contributed by atoms with van der Waals surface area (Å²) in [4.78, 5) is 145. The van der Waals surface area contributed by atoms with E-state index < -0.39 is 158 Å². The zero-order valence-electron chi connectivity index (χ0n) is 44.4. The molecule has 0 aliphatic rings. The lowest BCUT2D eigenvalue weighted by Crippen LogP contribution is -2.61. The van der Waals surface area contributed by atoms with E-state index in [0.717, 1.165) is 0 Å². The largest absolute Gasteiger partial charge is 0.508 e. The van der Waals surface area contributed by atoms with Crippen molar-refractivity contribution in [3.8, 4) is 11.5 Å². The highest BCUT2D eigenvalue weighted by molar-refractivity contribution is 5.99. The van der Waals surface area contributed by atoms with Crippen LogP contribution >= 0.6 is 0 Å². The maximum Gasteiger partial charge on any atom is 0.326 e. The van der Waals surface area contributed by atoms with E-state index in [4.69, 9.17) is 11.5 Å². The molecule has 0 heterocycles. The zero-order chi connectivity index (χ0) is 59.5. The van der Waals surface area contributed by atoms with Crippen molar-refractivity contribution in [3.05, 3.63) is 59.7 Å². The quantitative estimate of drug-likeness (QED) is 0.0298. The summed E-state index contributed by atoms with van der Waals surface area (Å²) in [5, 5.41) is 87.5. The Morgan fingerprint density at radius 1 is 0.443 bits per heavy atom. The Kier molecular flexibility index (Phi) is 28.9. The molecule has 0 bridgehead atoms. The fourth-order valence-corrected chi connectivity index (χ4v) is 7.71. The van der Waals surface area contributed by atoms with Gasteiger partial charge in [-0.3, -0.25) is 47.9 Å². The van der Waals surface area contributed by atoms with Gasteiger partial charge in [-0.2, -0.15) is 0 Å². The van der Waals surface area contributed by atoms with Crippen molar-refractivity contribution in [1.29, 1.82) is 0 Å². The van der Waals surface area contributed by atoms with Crippen molar-refractivity contribution in [2.75, 3.05) is 19.8 Å². The number of rotatable bonds is 36. The predicted octanol–water partition coefficient (Wildman–Crippen LogP) is -3.28. The number of carboxylic acid groups (broad SMARTS) is 3. The third kappa shape index (κ3) is 24.9. The van der Waals surface area contributed by atoms with Crippen molar-refractivity contribution < 1.29 is 88.5 Å². The Morgan fingerprint density at radius 3 is 1.25 bits per heavy atom. The molecule has 28 nitrogen and oxygen atoms in total. The van der Waals surface area contributed by atoms with Crippen LogP contribution in [0.15, 0.2) is 48.5 Å². The smallest absolute Gasteiger partial charge is 0.326 e. The van der Waals surface area contributed by atoms with Gasteiger partial charge in [0.1, 0.15) is 59.8 Å². The van der Waals surface area contributed by atoms with Gasteiger partial charge in [0.05, 0.1) is 25.7 Å². The molecule has 9 atom stereocenters. The molecular formula is C51H76N10O18. The Morgan fingerprint density at radius 2 is 0.810 bits per heavy atom. The fraction of sp³-hybridized carbons (Fsp3) is 0.549. The third-order valence-electron chi connectivity index (χ3n) is 11.9. The molecule has 19 N–H and O–H groups in total. The first-order valence-electron chi connectivity index (χ1n) is 25.5. The number of aromatic hydroxyl groups is 2. The molecule has 0 aliphatic carbocycles. The Bertz CT molecular complexity index is 2390. The molecule has 0 unspecified atom stereocenters. The molecule has 0 aromatic heterocycles.